The standard InChI is InChI=1S/C13H14ClNO2/c1-3-17-13(16)6-12-9(2)4-10(8-15)5-11(12)7-14/h4-5H,3,6-7H2,1-2H3. The van der Waals surface area contributed by atoms with Crippen LogP contribution in [0.15, 0.2) is 12.1 Å². The highest BCUT2D eigenvalue weighted by Gasteiger charge is 2.12. The second-order valence-corrected chi connectivity index (χ2v) is 3.93. The average Bonchev–Trinajstić information content (AvgIpc) is 2.31. The van der Waals surface area contributed by atoms with E-state index in [1.807, 2.05) is 6.92 Å². The number of nitrogens with zero attached hydrogens (tertiary/aromatic N) is 1. The molecule has 0 N–H and O–H groups in total. The number of rotatable bonds is 4. The number of carbonyl (C=O) groups excluding carboxylic acids is 1. The van der Waals surface area contributed by atoms with Crippen LogP contribution < -0.4 is 0 Å². The fourth-order valence-electron chi connectivity index (χ4n) is 1.68. The Labute approximate surface area is 106 Å². The van der Waals surface area contributed by atoms with Gasteiger partial charge in [0, 0.05) is 5.88 Å². The maximum Gasteiger partial charge on any atom is 0.310 e. The van der Waals surface area contributed by atoms with Crippen molar-refractivity contribution in [2.24, 2.45) is 0 Å². The number of nitriles is 1. The van der Waals surface area contributed by atoms with Gasteiger partial charge in [0.2, 0.25) is 0 Å². The first-order valence-corrected chi connectivity index (χ1v) is 5.89. The fraction of sp³-hybridized carbons (Fsp3) is 0.385. The topological polar surface area (TPSA) is 50.1 Å². The minimum absolute atomic E-state index is 0.202. The molecule has 1 aromatic carbocycles. The van der Waals surface area contributed by atoms with Crippen molar-refractivity contribution >= 4 is 17.6 Å². The molecule has 0 bridgehead atoms. The fourth-order valence-corrected chi connectivity index (χ4v) is 1.92. The van der Waals surface area contributed by atoms with Crippen LogP contribution in [0.4, 0.5) is 0 Å². The monoisotopic (exact) mass is 251 g/mol. The Morgan fingerprint density at radius 3 is 2.76 bits per heavy atom. The largest absolute Gasteiger partial charge is 0.466 e. The molecule has 0 unspecified atom stereocenters. The molecule has 0 aliphatic rings. The maximum absolute atomic E-state index is 11.5. The molecular formula is C13H14ClNO2. The molecule has 0 radical (unpaired) electrons. The summed E-state index contributed by atoms with van der Waals surface area (Å²) in [5.41, 5.74) is 3.13. The zero-order valence-corrected chi connectivity index (χ0v) is 10.7. The summed E-state index contributed by atoms with van der Waals surface area (Å²) in [6.07, 6.45) is 0.202. The average molecular weight is 252 g/mol. The van der Waals surface area contributed by atoms with E-state index in [4.69, 9.17) is 21.6 Å². The molecule has 17 heavy (non-hydrogen) atoms. The summed E-state index contributed by atoms with van der Waals surface area (Å²) >= 11 is 5.83. The smallest absolute Gasteiger partial charge is 0.310 e. The summed E-state index contributed by atoms with van der Waals surface area (Å²) in [4.78, 5) is 11.5. The van der Waals surface area contributed by atoms with E-state index in [1.54, 1.807) is 19.1 Å². The number of benzene rings is 1. The normalized spacial score (nSPS) is 9.76. The van der Waals surface area contributed by atoms with E-state index >= 15 is 0 Å². The third-order valence-electron chi connectivity index (χ3n) is 2.46. The van der Waals surface area contributed by atoms with Crippen molar-refractivity contribution in [1.29, 1.82) is 5.26 Å². The molecule has 1 aromatic rings. The van der Waals surface area contributed by atoms with Gasteiger partial charge < -0.3 is 4.74 Å². The van der Waals surface area contributed by atoms with E-state index < -0.39 is 0 Å². The molecule has 3 nitrogen and oxygen atoms in total. The number of hydrogen-bond donors (Lipinski definition) is 0. The molecule has 0 aromatic heterocycles. The van der Waals surface area contributed by atoms with Crippen LogP contribution in [0.25, 0.3) is 0 Å². The number of carbonyl (C=O) groups is 1. The van der Waals surface area contributed by atoms with E-state index in [1.165, 1.54) is 0 Å². The van der Waals surface area contributed by atoms with Gasteiger partial charge in [0.1, 0.15) is 0 Å². The molecular weight excluding hydrogens is 238 g/mol. The van der Waals surface area contributed by atoms with E-state index in [9.17, 15) is 4.79 Å². The van der Waals surface area contributed by atoms with E-state index in [2.05, 4.69) is 6.07 Å². The van der Waals surface area contributed by atoms with Gasteiger partial charge in [-0.2, -0.15) is 5.26 Å². The number of halogens is 1. The molecule has 0 saturated carbocycles. The molecule has 1 rings (SSSR count). The van der Waals surface area contributed by atoms with Gasteiger partial charge in [-0.1, -0.05) is 0 Å². The van der Waals surface area contributed by atoms with Gasteiger partial charge in [-0.3, -0.25) is 4.79 Å². The van der Waals surface area contributed by atoms with E-state index in [-0.39, 0.29) is 18.3 Å². The second-order valence-electron chi connectivity index (χ2n) is 3.66. The van der Waals surface area contributed by atoms with Crippen molar-refractivity contribution in [3.05, 3.63) is 34.4 Å². The summed E-state index contributed by atoms with van der Waals surface area (Å²) in [7, 11) is 0. The Morgan fingerprint density at radius 2 is 2.24 bits per heavy atom. The summed E-state index contributed by atoms with van der Waals surface area (Å²) in [6.45, 7) is 4.00. The quantitative estimate of drug-likeness (QED) is 0.611. The number of aryl methyl sites for hydroxylation is 1. The lowest BCUT2D eigenvalue weighted by Crippen LogP contribution is -2.10. The molecule has 0 heterocycles. The maximum atomic E-state index is 11.5. The number of esters is 1. The first-order valence-electron chi connectivity index (χ1n) is 5.36. The van der Waals surface area contributed by atoms with Gasteiger partial charge in [0.25, 0.3) is 0 Å². The summed E-state index contributed by atoms with van der Waals surface area (Å²) in [5, 5.41) is 8.85. The predicted molar refractivity (Wildman–Crippen MR) is 65.8 cm³/mol. The Bertz CT molecular complexity index is 463. The first-order chi connectivity index (χ1) is 8.12. The van der Waals surface area contributed by atoms with Crippen molar-refractivity contribution in [3.63, 3.8) is 0 Å². The Hall–Kier alpha value is -1.53. The van der Waals surface area contributed by atoms with Gasteiger partial charge in [-0.25, -0.2) is 0 Å². The molecule has 0 spiro atoms. The highest BCUT2D eigenvalue weighted by atomic mass is 35.5. The third kappa shape index (κ3) is 3.47. The lowest BCUT2D eigenvalue weighted by Gasteiger charge is -2.11. The van der Waals surface area contributed by atoms with E-state index in [0.29, 0.717) is 12.2 Å². The summed E-state index contributed by atoms with van der Waals surface area (Å²) < 4.78 is 4.91. The van der Waals surface area contributed by atoms with Crippen LogP contribution in [0.2, 0.25) is 0 Å². The van der Waals surface area contributed by atoms with Crippen molar-refractivity contribution in [3.8, 4) is 6.07 Å². The molecule has 90 valence electrons. The van der Waals surface area contributed by atoms with Crippen molar-refractivity contribution in [2.75, 3.05) is 6.61 Å². The van der Waals surface area contributed by atoms with Crippen molar-refractivity contribution < 1.29 is 9.53 Å². The Balaban J connectivity index is 3.06. The predicted octanol–water partition coefficient (Wildman–Crippen LogP) is 2.71. The van der Waals surface area contributed by atoms with Crippen LogP contribution in [-0.4, -0.2) is 12.6 Å². The van der Waals surface area contributed by atoms with Gasteiger partial charge in [-0.05, 0) is 42.7 Å². The lowest BCUT2D eigenvalue weighted by atomic mass is 9.97. The molecule has 4 heteroatoms. The van der Waals surface area contributed by atoms with Crippen LogP contribution in [0.3, 0.4) is 0 Å². The third-order valence-corrected chi connectivity index (χ3v) is 2.75. The molecule has 0 atom stereocenters. The first kappa shape index (κ1) is 13.5. The zero-order valence-electron chi connectivity index (χ0n) is 9.92. The van der Waals surface area contributed by atoms with Crippen LogP contribution in [0.1, 0.15) is 29.2 Å². The van der Waals surface area contributed by atoms with Crippen molar-refractivity contribution in [2.45, 2.75) is 26.1 Å². The van der Waals surface area contributed by atoms with Gasteiger partial charge in [-0.15, -0.1) is 11.6 Å². The SMILES string of the molecule is CCOC(=O)Cc1c(C)cc(C#N)cc1CCl. The highest BCUT2D eigenvalue weighted by Crippen LogP contribution is 2.20. The minimum Gasteiger partial charge on any atom is -0.466 e. The number of alkyl halides is 1. The molecule has 0 fully saturated rings. The highest BCUT2D eigenvalue weighted by molar-refractivity contribution is 6.17. The van der Waals surface area contributed by atoms with Crippen molar-refractivity contribution in [1.82, 2.24) is 0 Å². The van der Waals surface area contributed by atoms with Crippen LogP contribution in [0.5, 0.6) is 0 Å². The molecule has 0 saturated heterocycles. The minimum atomic E-state index is -0.272. The summed E-state index contributed by atoms with van der Waals surface area (Å²) in [6, 6.07) is 5.54. The molecule has 0 amide bonds. The van der Waals surface area contributed by atoms with Gasteiger partial charge >= 0.3 is 5.97 Å². The van der Waals surface area contributed by atoms with Gasteiger partial charge in [0.15, 0.2) is 0 Å². The van der Waals surface area contributed by atoms with Crippen LogP contribution in [-0.2, 0) is 21.8 Å². The summed E-state index contributed by atoms with van der Waals surface area (Å²) in [5.74, 6) is 0.0112. The number of ether oxygens (including phenoxy) is 1. The molecule has 0 aliphatic heterocycles. The molecule has 0 aliphatic carbocycles. The van der Waals surface area contributed by atoms with Gasteiger partial charge in [0.05, 0.1) is 24.7 Å². The van der Waals surface area contributed by atoms with Crippen LogP contribution in [0, 0.1) is 18.3 Å². The Morgan fingerprint density at radius 1 is 1.53 bits per heavy atom. The second kappa shape index (κ2) is 6.27. The Kier molecular flexibility index (Phi) is 4.99. The lowest BCUT2D eigenvalue weighted by molar-refractivity contribution is -0.142. The van der Waals surface area contributed by atoms with E-state index in [0.717, 1.165) is 16.7 Å². The zero-order chi connectivity index (χ0) is 12.8. The number of hydrogen-bond acceptors (Lipinski definition) is 3. The van der Waals surface area contributed by atoms with Crippen LogP contribution >= 0.6 is 11.6 Å².